The maximum Gasteiger partial charge on any atom is 0.254 e. The van der Waals surface area contributed by atoms with Crippen LogP contribution in [0.3, 0.4) is 0 Å². The van der Waals surface area contributed by atoms with Gasteiger partial charge in [-0.25, -0.2) is 8.42 Å². The van der Waals surface area contributed by atoms with Gasteiger partial charge in [0.05, 0.1) is 18.9 Å². The van der Waals surface area contributed by atoms with Crippen LogP contribution in [0.1, 0.15) is 49.9 Å². The molecule has 1 aliphatic rings. The summed E-state index contributed by atoms with van der Waals surface area (Å²) in [4.78, 5) is 17.3. The van der Waals surface area contributed by atoms with E-state index in [1.54, 1.807) is 23.1 Å². The summed E-state index contributed by atoms with van der Waals surface area (Å²) in [5.74, 6) is 0.637. The van der Waals surface area contributed by atoms with Crippen LogP contribution in [-0.4, -0.2) is 64.9 Å². The van der Waals surface area contributed by atoms with Gasteiger partial charge in [0.2, 0.25) is 0 Å². The minimum Gasteiger partial charge on any atom is -0.454 e. The van der Waals surface area contributed by atoms with Crippen LogP contribution in [-0.2, 0) is 14.6 Å². The molecule has 0 saturated carbocycles. The Labute approximate surface area is 203 Å². The summed E-state index contributed by atoms with van der Waals surface area (Å²) in [6, 6.07) is 12.4. The van der Waals surface area contributed by atoms with E-state index in [0.29, 0.717) is 43.3 Å². The van der Waals surface area contributed by atoms with E-state index in [4.69, 9.17) is 9.47 Å². The molecule has 0 N–H and O–H groups in total. The van der Waals surface area contributed by atoms with Gasteiger partial charge >= 0.3 is 0 Å². The van der Waals surface area contributed by atoms with Gasteiger partial charge in [-0.1, -0.05) is 44.9 Å². The Kier molecular flexibility index (Phi) is 9.36. The Morgan fingerprint density at radius 3 is 2.21 bits per heavy atom. The minimum atomic E-state index is -3.68. The molecule has 186 valence electrons. The quantitative estimate of drug-likeness (QED) is 0.454. The van der Waals surface area contributed by atoms with Crippen molar-refractivity contribution in [2.24, 2.45) is 0 Å². The predicted molar refractivity (Wildman–Crippen MR) is 135 cm³/mol. The number of ether oxygens (including phenoxy) is 2. The molecule has 3 rings (SSSR count). The molecule has 0 unspecified atom stereocenters. The van der Waals surface area contributed by atoms with Gasteiger partial charge in [-0.3, -0.25) is 4.79 Å². The molecule has 1 fully saturated rings. The first kappa shape index (κ1) is 26.0. The molecule has 0 radical (unpaired) electrons. The van der Waals surface area contributed by atoms with Gasteiger partial charge in [-0.2, -0.15) is 0 Å². The number of carbonyl (C=O) groups is 1. The van der Waals surface area contributed by atoms with Crippen LogP contribution >= 0.6 is 0 Å². The number of morpholine rings is 1. The largest absolute Gasteiger partial charge is 0.454 e. The van der Waals surface area contributed by atoms with Crippen molar-refractivity contribution in [2.75, 3.05) is 50.5 Å². The SMILES string of the molecule is CCCCN(CCCC)c1cc(C(=O)N2CCOCC2)cc(S(C)(=O)=O)c1Oc1ccccc1. The average Bonchev–Trinajstić information content (AvgIpc) is 2.84. The molecule has 1 amide bonds. The number of nitrogens with zero attached hydrogens (tertiary/aromatic N) is 2. The topological polar surface area (TPSA) is 76.2 Å². The minimum absolute atomic E-state index is 0.0310. The number of rotatable bonds is 11. The predicted octanol–water partition coefficient (Wildman–Crippen LogP) is 4.76. The van der Waals surface area contributed by atoms with Crippen LogP contribution in [0.25, 0.3) is 0 Å². The number of hydrogen-bond donors (Lipinski definition) is 0. The molecule has 0 spiro atoms. The number of carbonyl (C=O) groups excluding carboxylic acids is 1. The molecular weight excluding hydrogens is 452 g/mol. The summed E-state index contributed by atoms with van der Waals surface area (Å²) >= 11 is 0. The van der Waals surface area contributed by atoms with Gasteiger partial charge in [0.1, 0.15) is 10.6 Å². The van der Waals surface area contributed by atoms with Crippen LogP contribution in [0.4, 0.5) is 5.69 Å². The molecule has 7 nitrogen and oxygen atoms in total. The fourth-order valence-electron chi connectivity index (χ4n) is 3.93. The summed E-state index contributed by atoms with van der Waals surface area (Å²) in [5.41, 5.74) is 1.00. The Hall–Kier alpha value is -2.58. The van der Waals surface area contributed by atoms with Crippen LogP contribution in [0, 0.1) is 0 Å². The van der Waals surface area contributed by atoms with Crippen LogP contribution in [0.2, 0.25) is 0 Å². The van der Waals surface area contributed by atoms with Gasteiger partial charge in [-0.15, -0.1) is 0 Å². The molecular formula is C26H36N2O5S. The van der Waals surface area contributed by atoms with E-state index in [2.05, 4.69) is 18.7 Å². The van der Waals surface area contributed by atoms with Crippen LogP contribution in [0.5, 0.6) is 11.5 Å². The zero-order chi connectivity index (χ0) is 24.6. The molecule has 0 aromatic heterocycles. The molecule has 34 heavy (non-hydrogen) atoms. The molecule has 0 bridgehead atoms. The van der Waals surface area contributed by atoms with Crippen molar-refractivity contribution in [1.82, 2.24) is 4.90 Å². The van der Waals surface area contributed by atoms with E-state index in [1.165, 1.54) is 6.07 Å². The van der Waals surface area contributed by atoms with Crippen LogP contribution < -0.4 is 9.64 Å². The second kappa shape index (κ2) is 12.2. The number of anilines is 1. The lowest BCUT2D eigenvalue weighted by Crippen LogP contribution is -2.40. The van der Waals surface area contributed by atoms with Gasteiger partial charge < -0.3 is 19.3 Å². The van der Waals surface area contributed by atoms with Gasteiger partial charge in [0.25, 0.3) is 5.91 Å². The number of sulfone groups is 1. The van der Waals surface area contributed by atoms with Gasteiger partial charge in [-0.05, 0) is 37.1 Å². The monoisotopic (exact) mass is 488 g/mol. The number of amides is 1. The molecule has 1 aliphatic heterocycles. The summed E-state index contributed by atoms with van der Waals surface area (Å²) in [6.45, 7) is 7.68. The van der Waals surface area contributed by atoms with Crippen molar-refractivity contribution in [3.63, 3.8) is 0 Å². The smallest absolute Gasteiger partial charge is 0.254 e. The second-order valence-electron chi connectivity index (χ2n) is 8.61. The first-order chi connectivity index (χ1) is 16.3. The lowest BCUT2D eigenvalue weighted by Gasteiger charge is -2.30. The highest BCUT2D eigenvalue weighted by molar-refractivity contribution is 7.90. The molecule has 0 aliphatic carbocycles. The Morgan fingerprint density at radius 1 is 1.03 bits per heavy atom. The van der Waals surface area contributed by atoms with E-state index < -0.39 is 9.84 Å². The molecule has 8 heteroatoms. The van der Waals surface area contributed by atoms with E-state index in [-0.39, 0.29) is 16.6 Å². The molecule has 1 saturated heterocycles. The lowest BCUT2D eigenvalue weighted by molar-refractivity contribution is 0.0302. The maximum absolute atomic E-state index is 13.4. The maximum atomic E-state index is 13.4. The third-order valence-electron chi connectivity index (χ3n) is 5.85. The highest BCUT2D eigenvalue weighted by Gasteiger charge is 2.28. The average molecular weight is 489 g/mol. The molecule has 0 atom stereocenters. The van der Waals surface area contributed by atoms with Crippen molar-refractivity contribution in [3.8, 4) is 11.5 Å². The van der Waals surface area contributed by atoms with E-state index >= 15 is 0 Å². The number of benzene rings is 2. The summed E-state index contributed by atoms with van der Waals surface area (Å²) in [7, 11) is -3.68. The van der Waals surface area contributed by atoms with E-state index in [1.807, 2.05) is 18.2 Å². The molecule has 2 aromatic carbocycles. The zero-order valence-corrected chi connectivity index (χ0v) is 21.3. The van der Waals surface area contributed by atoms with E-state index in [0.717, 1.165) is 45.0 Å². The fraction of sp³-hybridized carbons (Fsp3) is 0.500. The molecule has 2 aromatic rings. The van der Waals surface area contributed by atoms with Crippen molar-refractivity contribution in [2.45, 2.75) is 44.4 Å². The van der Waals surface area contributed by atoms with Crippen LogP contribution in [0.15, 0.2) is 47.4 Å². The second-order valence-corrected chi connectivity index (χ2v) is 10.6. The first-order valence-corrected chi connectivity index (χ1v) is 14.0. The normalized spacial score (nSPS) is 14.1. The third-order valence-corrected chi connectivity index (χ3v) is 6.95. The van der Waals surface area contributed by atoms with Crippen molar-refractivity contribution < 1.29 is 22.7 Å². The van der Waals surface area contributed by atoms with E-state index in [9.17, 15) is 13.2 Å². The number of unbranched alkanes of at least 4 members (excludes halogenated alkanes) is 2. The molecule has 1 heterocycles. The zero-order valence-electron chi connectivity index (χ0n) is 20.5. The Bertz CT molecular complexity index is 1040. The van der Waals surface area contributed by atoms with Gasteiger partial charge in [0, 0.05) is 38.0 Å². The Morgan fingerprint density at radius 2 is 1.65 bits per heavy atom. The van der Waals surface area contributed by atoms with Crippen molar-refractivity contribution >= 4 is 21.4 Å². The standard InChI is InChI=1S/C26H36N2O5S/c1-4-6-13-27(14-7-5-2)23-19-21(26(29)28-15-17-32-18-16-28)20-24(34(3,30)31)25(23)33-22-11-9-8-10-12-22/h8-12,19-20H,4-7,13-18H2,1-3H3. The van der Waals surface area contributed by atoms with Crippen molar-refractivity contribution in [3.05, 3.63) is 48.0 Å². The fourth-order valence-corrected chi connectivity index (χ4v) is 4.75. The summed E-state index contributed by atoms with van der Waals surface area (Å²) in [5, 5.41) is 0. The number of para-hydroxylation sites is 1. The Balaban J connectivity index is 2.17. The van der Waals surface area contributed by atoms with Crippen molar-refractivity contribution in [1.29, 1.82) is 0 Å². The highest BCUT2D eigenvalue weighted by atomic mass is 32.2. The summed E-state index contributed by atoms with van der Waals surface area (Å²) < 4.78 is 37.5. The first-order valence-electron chi connectivity index (χ1n) is 12.1. The summed E-state index contributed by atoms with van der Waals surface area (Å²) in [6.07, 6.45) is 5.07. The lowest BCUT2D eigenvalue weighted by atomic mass is 10.1. The highest BCUT2D eigenvalue weighted by Crippen LogP contribution is 2.40. The number of hydrogen-bond acceptors (Lipinski definition) is 6. The third kappa shape index (κ3) is 6.73. The van der Waals surface area contributed by atoms with Gasteiger partial charge in [0.15, 0.2) is 15.6 Å².